The van der Waals surface area contributed by atoms with Gasteiger partial charge in [-0.15, -0.1) is 11.3 Å². The molecule has 1 aromatic heterocycles. The lowest BCUT2D eigenvalue weighted by molar-refractivity contribution is 0.0748. The van der Waals surface area contributed by atoms with Crippen LogP contribution in [0.3, 0.4) is 0 Å². The van der Waals surface area contributed by atoms with Crippen molar-refractivity contribution < 1.29 is 9.53 Å². The maximum Gasteiger partial charge on any atom is 0.186 e. The summed E-state index contributed by atoms with van der Waals surface area (Å²) in [6.45, 7) is 3.33. The third-order valence-electron chi connectivity index (χ3n) is 3.14. The van der Waals surface area contributed by atoms with Crippen LogP contribution >= 0.6 is 27.3 Å². The van der Waals surface area contributed by atoms with Gasteiger partial charge in [-0.2, -0.15) is 0 Å². The van der Waals surface area contributed by atoms with E-state index in [2.05, 4.69) is 27.8 Å². The van der Waals surface area contributed by atoms with Crippen molar-refractivity contribution >= 4 is 33.0 Å². The van der Waals surface area contributed by atoms with Crippen LogP contribution in [0.5, 0.6) is 0 Å². The van der Waals surface area contributed by atoms with E-state index in [0.717, 1.165) is 21.7 Å². The first-order chi connectivity index (χ1) is 8.08. The van der Waals surface area contributed by atoms with E-state index in [1.807, 2.05) is 19.2 Å². The largest absolute Gasteiger partial charge is 0.377 e. The van der Waals surface area contributed by atoms with Gasteiger partial charge < -0.3 is 4.74 Å². The zero-order valence-corrected chi connectivity index (χ0v) is 12.4. The van der Waals surface area contributed by atoms with Gasteiger partial charge in [0.05, 0.1) is 21.3 Å². The Morgan fingerprint density at radius 3 is 2.94 bits per heavy atom. The number of thiophene rings is 1. The Balaban J connectivity index is 1.94. The summed E-state index contributed by atoms with van der Waals surface area (Å²) in [5.41, 5.74) is 0. The summed E-state index contributed by atoms with van der Waals surface area (Å²) >= 11 is 4.87. The van der Waals surface area contributed by atoms with Crippen LogP contribution in [-0.2, 0) is 4.74 Å². The second-order valence-electron chi connectivity index (χ2n) is 4.37. The number of ketones is 1. The molecule has 5 heteroatoms. The van der Waals surface area contributed by atoms with Crippen molar-refractivity contribution in [2.75, 3.05) is 20.2 Å². The van der Waals surface area contributed by atoms with Crippen molar-refractivity contribution in [3.05, 3.63) is 20.8 Å². The highest BCUT2D eigenvalue weighted by molar-refractivity contribution is 9.11. The highest BCUT2D eigenvalue weighted by Gasteiger charge is 2.29. The quantitative estimate of drug-likeness (QED) is 0.800. The van der Waals surface area contributed by atoms with E-state index in [4.69, 9.17) is 4.74 Å². The number of ether oxygens (including phenoxy) is 1. The van der Waals surface area contributed by atoms with E-state index in [1.165, 1.54) is 11.3 Å². The van der Waals surface area contributed by atoms with Gasteiger partial charge >= 0.3 is 0 Å². The summed E-state index contributed by atoms with van der Waals surface area (Å²) in [5.74, 6) is 0.183. The summed E-state index contributed by atoms with van der Waals surface area (Å²) in [6.07, 6.45) is 1.24. The fourth-order valence-corrected chi connectivity index (χ4v) is 3.50. The van der Waals surface area contributed by atoms with Gasteiger partial charge in [0.2, 0.25) is 0 Å². The summed E-state index contributed by atoms with van der Waals surface area (Å²) in [5, 5.41) is 0. The molecule has 0 aliphatic carbocycles. The molecular formula is C12H16BrNO2S. The molecule has 0 radical (unpaired) electrons. The predicted molar refractivity (Wildman–Crippen MR) is 72.8 cm³/mol. The van der Waals surface area contributed by atoms with Gasteiger partial charge in [0.15, 0.2) is 5.78 Å². The lowest BCUT2D eigenvalue weighted by Crippen LogP contribution is -2.39. The Morgan fingerprint density at radius 1 is 1.65 bits per heavy atom. The topological polar surface area (TPSA) is 29.5 Å². The van der Waals surface area contributed by atoms with Crippen molar-refractivity contribution in [2.45, 2.75) is 25.5 Å². The van der Waals surface area contributed by atoms with Gasteiger partial charge in [0.1, 0.15) is 0 Å². The Labute approximate surface area is 114 Å². The zero-order valence-electron chi connectivity index (χ0n) is 9.98. The minimum absolute atomic E-state index is 0.183. The van der Waals surface area contributed by atoms with Crippen molar-refractivity contribution in [3.8, 4) is 0 Å². The van der Waals surface area contributed by atoms with Crippen LogP contribution in [0.4, 0.5) is 0 Å². The molecule has 0 bridgehead atoms. The van der Waals surface area contributed by atoms with Crippen molar-refractivity contribution in [3.63, 3.8) is 0 Å². The minimum atomic E-state index is 0.183. The Kier molecular flexibility index (Phi) is 4.36. The van der Waals surface area contributed by atoms with Crippen molar-refractivity contribution in [1.82, 2.24) is 4.90 Å². The lowest BCUT2D eigenvalue weighted by atomic mass is 10.1. The fraction of sp³-hybridized carbons (Fsp3) is 0.583. The number of likely N-dealkylation sites (N-methyl/N-ethyl adjacent to an activating group) is 1. The second kappa shape index (κ2) is 5.61. The van der Waals surface area contributed by atoms with E-state index in [-0.39, 0.29) is 11.9 Å². The molecule has 0 N–H and O–H groups in total. The maximum atomic E-state index is 12.0. The van der Waals surface area contributed by atoms with Crippen LogP contribution in [0, 0.1) is 0 Å². The molecule has 0 aromatic carbocycles. The van der Waals surface area contributed by atoms with Gasteiger partial charge in [0.25, 0.3) is 0 Å². The molecule has 1 fully saturated rings. The van der Waals surface area contributed by atoms with Crippen molar-refractivity contribution in [2.24, 2.45) is 0 Å². The number of rotatable bonds is 4. The highest BCUT2D eigenvalue weighted by Crippen LogP contribution is 2.23. The first-order valence-electron chi connectivity index (χ1n) is 5.68. The first-order valence-corrected chi connectivity index (χ1v) is 7.29. The van der Waals surface area contributed by atoms with Crippen molar-refractivity contribution in [1.29, 1.82) is 0 Å². The molecule has 2 unspecified atom stereocenters. The van der Waals surface area contributed by atoms with Gasteiger partial charge in [0, 0.05) is 12.6 Å². The summed E-state index contributed by atoms with van der Waals surface area (Å²) in [6, 6.07) is 4.15. The van der Waals surface area contributed by atoms with E-state index in [9.17, 15) is 4.79 Å². The zero-order chi connectivity index (χ0) is 12.4. The molecule has 3 nitrogen and oxygen atoms in total. The van der Waals surface area contributed by atoms with Crippen LogP contribution in [-0.4, -0.2) is 43.0 Å². The highest BCUT2D eigenvalue weighted by atomic mass is 79.9. The molecule has 17 heavy (non-hydrogen) atoms. The number of carbonyl (C=O) groups excluding carboxylic acids is 1. The van der Waals surface area contributed by atoms with E-state index in [1.54, 1.807) is 0 Å². The van der Waals surface area contributed by atoms with Crippen LogP contribution in [0.1, 0.15) is 23.0 Å². The van der Waals surface area contributed by atoms with Gasteiger partial charge in [-0.05, 0) is 48.5 Å². The number of carbonyl (C=O) groups is 1. The number of hydrogen-bond donors (Lipinski definition) is 0. The molecule has 0 amide bonds. The average Bonchev–Trinajstić information content (AvgIpc) is 2.86. The molecule has 0 saturated carbocycles. The fourth-order valence-electron chi connectivity index (χ4n) is 2.19. The predicted octanol–water partition coefficient (Wildman–Crippen LogP) is 2.80. The van der Waals surface area contributed by atoms with Gasteiger partial charge in [-0.1, -0.05) is 0 Å². The normalized spacial score (nSPS) is 24.5. The molecule has 2 atom stereocenters. The van der Waals surface area contributed by atoms with Gasteiger partial charge in [-0.25, -0.2) is 0 Å². The molecule has 1 saturated heterocycles. The van der Waals surface area contributed by atoms with Crippen LogP contribution in [0.2, 0.25) is 0 Å². The third kappa shape index (κ3) is 3.16. The van der Waals surface area contributed by atoms with Gasteiger partial charge in [-0.3, -0.25) is 9.69 Å². The Morgan fingerprint density at radius 2 is 2.41 bits per heavy atom. The number of halogens is 1. The SMILES string of the molecule is CC1OCCC1N(C)CC(=O)c1ccc(Br)s1. The average molecular weight is 318 g/mol. The first kappa shape index (κ1) is 13.2. The lowest BCUT2D eigenvalue weighted by Gasteiger charge is -2.25. The van der Waals surface area contributed by atoms with E-state index in [0.29, 0.717) is 12.6 Å². The van der Waals surface area contributed by atoms with Crippen LogP contribution < -0.4 is 0 Å². The van der Waals surface area contributed by atoms with Crippen LogP contribution in [0.15, 0.2) is 15.9 Å². The Hall–Kier alpha value is -0.230. The molecule has 2 heterocycles. The summed E-state index contributed by atoms with van der Waals surface area (Å²) in [7, 11) is 2.00. The second-order valence-corrected chi connectivity index (χ2v) is 6.84. The number of nitrogens with zero attached hydrogens (tertiary/aromatic N) is 1. The molecule has 1 aromatic rings. The summed E-state index contributed by atoms with van der Waals surface area (Å²) in [4.78, 5) is 15.0. The maximum absolute atomic E-state index is 12.0. The smallest absolute Gasteiger partial charge is 0.186 e. The molecule has 94 valence electrons. The molecule has 1 aliphatic rings. The van der Waals surface area contributed by atoms with E-state index >= 15 is 0 Å². The minimum Gasteiger partial charge on any atom is -0.377 e. The molecule has 2 rings (SSSR count). The molecule has 0 spiro atoms. The molecule has 1 aliphatic heterocycles. The number of hydrogen-bond acceptors (Lipinski definition) is 4. The third-order valence-corrected chi connectivity index (χ3v) is 4.81. The van der Waals surface area contributed by atoms with Crippen LogP contribution in [0.25, 0.3) is 0 Å². The van der Waals surface area contributed by atoms with E-state index < -0.39 is 0 Å². The summed E-state index contributed by atoms with van der Waals surface area (Å²) < 4.78 is 6.52. The monoisotopic (exact) mass is 317 g/mol. The standard InChI is InChI=1S/C12H16BrNO2S/c1-8-9(5-6-16-8)14(2)7-10(15)11-3-4-12(13)17-11/h3-4,8-9H,5-7H2,1-2H3. The number of Topliss-reactive ketones (excluding diaryl/α,β-unsaturated/α-hetero) is 1. The Bertz CT molecular complexity index is 407. The molecular weight excluding hydrogens is 302 g/mol.